The third-order valence-corrected chi connectivity index (χ3v) is 6.79. The van der Waals surface area contributed by atoms with E-state index in [-0.39, 0.29) is 11.8 Å². The number of nitrogens with zero attached hydrogens (tertiary/aromatic N) is 5. The van der Waals surface area contributed by atoms with Crippen LogP contribution in [0, 0.1) is 0 Å². The fraction of sp³-hybridized carbons (Fsp3) is 0.875. The summed E-state index contributed by atoms with van der Waals surface area (Å²) >= 11 is 0. The Morgan fingerprint density at radius 1 is 1.29 bits per heavy atom. The van der Waals surface area contributed by atoms with Gasteiger partial charge in [0.05, 0.1) is 23.7 Å². The van der Waals surface area contributed by atoms with Gasteiger partial charge in [-0.2, -0.15) is 0 Å². The van der Waals surface area contributed by atoms with Gasteiger partial charge in [-0.15, -0.1) is 5.10 Å². The van der Waals surface area contributed by atoms with Crippen LogP contribution in [0.15, 0.2) is 6.20 Å². The topological polar surface area (TPSA) is 71.3 Å². The molecule has 0 radical (unpaired) electrons. The molecule has 1 saturated heterocycles. The van der Waals surface area contributed by atoms with E-state index in [9.17, 15) is 8.42 Å². The Bertz CT molecular complexity index is 606. The van der Waals surface area contributed by atoms with E-state index in [1.165, 1.54) is 0 Å². The van der Waals surface area contributed by atoms with Crippen molar-refractivity contribution in [3.63, 3.8) is 0 Å². The first-order chi connectivity index (χ1) is 11.4. The number of hydrogen-bond acceptors (Lipinski definition) is 5. The van der Waals surface area contributed by atoms with Crippen LogP contribution in [-0.4, -0.2) is 64.0 Å². The lowest BCUT2D eigenvalue weighted by Crippen LogP contribution is -2.40. The van der Waals surface area contributed by atoms with Crippen molar-refractivity contribution in [2.24, 2.45) is 0 Å². The predicted molar refractivity (Wildman–Crippen MR) is 95.2 cm³/mol. The van der Waals surface area contributed by atoms with Crippen molar-refractivity contribution in [1.29, 1.82) is 0 Å². The molecule has 1 aromatic heterocycles. The molecule has 0 amide bonds. The standard InChI is InChI=1S/C16H31N5O2S/c1-5-11-24(22,23)20-9-7-16(8-10-20)21-13-15(17-18-21)12-19(6-2)14(3)4/h13-14,16H,5-12H2,1-4H3. The van der Waals surface area contributed by atoms with Crippen molar-refractivity contribution in [1.82, 2.24) is 24.2 Å². The first-order valence-corrected chi connectivity index (χ1v) is 10.6. The summed E-state index contributed by atoms with van der Waals surface area (Å²) < 4.78 is 27.8. The molecule has 1 fully saturated rings. The van der Waals surface area contributed by atoms with E-state index in [1.807, 2.05) is 17.8 Å². The summed E-state index contributed by atoms with van der Waals surface area (Å²) in [5.74, 6) is 0.243. The lowest BCUT2D eigenvalue weighted by atomic mass is 10.1. The summed E-state index contributed by atoms with van der Waals surface area (Å²) in [6, 6.07) is 0.723. The molecular formula is C16H31N5O2S. The Morgan fingerprint density at radius 2 is 1.96 bits per heavy atom. The molecule has 1 aliphatic rings. The molecule has 1 aliphatic heterocycles. The van der Waals surface area contributed by atoms with Gasteiger partial charge in [-0.05, 0) is 39.7 Å². The molecule has 0 N–H and O–H groups in total. The smallest absolute Gasteiger partial charge is 0.214 e. The molecule has 2 rings (SSSR count). The highest BCUT2D eigenvalue weighted by Gasteiger charge is 2.28. The molecule has 138 valence electrons. The fourth-order valence-corrected chi connectivity index (χ4v) is 4.75. The minimum Gasteiger partial charge on any atom is -0.295 e. The monoisotopic (exact) mass is 357 g/mol. The lowest BCUT2D eigenvalue weighted by Gasteiger charge is -2.31. The van der Waals surface area contributed by atoms with Crippen LogP contribution in [0.1, 0.15) is 58.7 Å². The fourth-order valence-electron chi connectivity index (χ4n) is 3.20. The Morgan fingerprint density at radius 3 is 2.50 bits per heavy atom. The summed E-state index contributed by atoms with van der Waals surface area (Å²) in [5, 5.41) is 8.58. The van der Waals surface area contributed by atoms with Gasteiger partial charge in [0.1, 0.15) is 0 Å². The molecular weight excluding hydrogens is 326 g/mol. The van der Waals surface area contributed by atoms with Gasteiger partial charge in [-0.1, -0.05) is 19.1 Å². The number of hydrogen-bond donors (Lipinski definition) is 0. The van der Waals surface area contributed by atoms with Crippen LogP contribution in [0.25, 0.3) is 0 Å². The van der Waals surface area contributed by atoms with Crippen molar-refractivity contribution in [2.45, 2.75) is 65.6 Å². The van der Waals surface area contributed by atoms with Crippen molar-refractivity contribution < 1.29 is 8.42 Å². The molecule has 0 bridgehead atoms. The molecule has 2 heterocycles. The van der Waals surface area contributed by atoms with Gasteiger partial charge < -0.3 is 0 Å². The lowest BCUT2D eigenvalue weighted by molar-refractivity contribution is 0.222. The van der Waals surface area contributed by atoms with Gasteiger partial charge in [-0.3, -0.25) is 4.90 Å². The van der Waals surface area contributed by atoms with E-state index in [2.05, 4.69) is 36.0 Å². The number of piperidine rings is 1. The van der Waals surface area contributed by atoms with Crippen molar-refractivity contribution in [2.75, 3.05) is 25.4 Å². The Balaban J connectivity index is 1.93. The summed E-state index contributed by atoms with van der Waals surface area (Å²) in [4.78, 5) is 2.34. The molecule has 0 unspecified atom stereocenters. The summed E-state index contributed by atoms with van der Waals surface area (Å²) in [5.41, 5.74) is 0.978. The average Bonchev–Trinajstić information content (AvgIpc) is 3.01. The van der Waals surface area contributed by atoms with Crippen LogP contribution in [0.2, 0.25) is 0 Å². The van der Waals surface area contributed by atoms with Gasteiger partial charge in [0.2, 0.25) is 10.0 Å². The summed E-state index contributed by atoms with van der Waals surface area (Å²) in [6.45, 7) is 11.4. The summed E-state index contributed by atoms with van der Waals surface area (Å²) in [7, 11) is -3.08. The maximum Gasteiger partial charge on any atom is 0.214 e. The first-order valence-electron chi connectivity index (χ1n) is 9.00. The second-order valence-electron chi connectivity index (χ2n) is 6.79. The number of aromatic nitrogens is 3. The van der Waals surface area contributed by atoms with Gasteiger partial charge in [0, 0.05) is 25.7 Å². The Kier molecular flexibility index (Phi) is 6.77. The van der Waals surface area contributed by atoms with E-state index < -0.39 is 10.0 Å². The number of sulfonamides is 1. The van der Waals surface area contributed by atoms with E-state index >= 15 is 0 Å². The molecule has 0 spiro atoms. The second-order valence-corrected chi connectivity index (χ2v) is 8.88. The molecule has 1 aromatic rings. The Hall–Kier alpha value is -0.990. The maximum absolute atomic E-state index is 12.1. The average molecular weight is 358 g/mol. The maximum atomic E-state index is 12.1. The third kappa shape index (κ3) is 4.77. The van der Waals surface area contributed by atoms with Gasteiger partial charge in [-0.25, -0.2) is 17.4 Å². The molecule has 0 aromatic carbocycles. The molecule has 8 heteroatoms. The normalized spacial score (nSPS) is 17.9. The third-order valence-electron chi connectivity index (χ3n) is 4.71. The Labute approximate surface area is 146 Å². The van der Waals surface area contributed by atoms with E-state index in [0.717, 1.165) is 31.6 Å². The van der Waals surface area contributed by atoms with Crippen LogP contribution in [0.5, 0.6) is 0 Å². The zero-order chi connectivity index (χ0) is 17.7. The van der Waals surface area contributed by atoms with Crippen molar-refractivity contribution in [3.05, 3.63) is 11.9 Å². The molecule has 0 saturated carbocycles. The number of rotatable bonds is 8. The van der Waals surface area contributed by atoms with E-state index in [1.54, 1.807) is 4.31 Å². The highest BCUT2D eigenvalue weighted by atomic mass is 32.2. The SMILES string of the molecule is CCCS(=O)(=O)N1CCC(n2cc(CN(CC)C(C)C)nn2)CC1. The van der Waals surface area contributed by atoms with Crippen molar-refractivity contribution in [3.8, 4) is 0 Å². The highest BCUT2D eigenvalue weighted by Crippen LogP contribution is 2.24. The minimum atomic E-state index is -3.08. The zero-order valence-corrected chi connectivity index (χ0v) is 16.2. The predicted octanol–water partition coefficient (Wildman–Crippen LogP) is 1.89. The van der Waals surface area contributed by atoms with E-state index in [4.69, 9.17) is 0 Å². The van der Waals surface area contributed by atoms with Crippen LogP contribution < -0.4 is 0 Å². The molecule has 24 heavy (non-hydrogen) atoms. The molecule has 0 aliphatic carbocycles. The second kappa shape index (κ2) is 8.40. The van der Waals surface area contributed by atoms with Gasteiger partial charge in [0.25, 0.3) is 0 Å². The molecule has 7 nitrogen and oxygen atoms in total. The van der Waals surface area contributed by atoms with Crippen LogP contribution in [0.3, 0.4) is 0 Å². The van der Waals surface area contributed by atoms with E-state index in [0.29, 0.717) is 25.6 Å². The highest BCUT2D eigenvalue weighted by molar-refractivity contribution is 7.89. The zero-order valence-electron chi connectivity index (χ0n) is 15.3. The molecule has 0 atom stereocenters. The van der Waals surface area contributed by atoms with Gasteiger partial charge in [0.15, 0.2) is 0 Å². The van der Waals surface area contributed by atoms with Crippen molar-refractivity contribution >= 4 is 10.0 Å². The van der Waals surface area contributed by atoms with Gasteiger partial charge >= 0.3 is 0 Å². The first kappa shape index (κ1) is 19.3. The van der Waals surface area contributed by atoms with Crippen LogP contribution >= 0.6 is 0 Å². The largest absolute Gasteiger partial charge is 0.295 e. The van der Waals surface area contributed by atoms with Crippen LogP contribution in [0.4, 0.5) is 0 Å². The van der Waals surface area contributed by atoms with Crippen LogP contribution in [-0.2, 0) is 16.6 Å². The minimum absolute atomic E-state index is 0.243. The quantitative estimate of drug-likeness (QED) is 0.710. The summed E-state index contributed by atoms with van der Waals surface area (Å²) in [6.07, 6.45) is 4.28.